The summed E-state index contributed by atoms with van der Waals surface area (Å²) in [5.74, 6) is -0.0460. The van der Waals surface area contributed by atoms with Gasteiger partial charge in [0, 0.05) is 23.7 Å². The predicted molar refractivity (Wildman–Crippen MR) is 113 cm³/mol. The molecule has 1 heterocycles. The molecule has 8 heteroatoms. The molecule has 0 saturated carbocycles. The van der Waals surface area contributed by atoms with Gasteiger partial charge < -0.3 is 10.6 Å². The number of amides is 1. The van der Waals surface area contributed by atoms with Crippen LogP contribution in [0.5, 0.6) is 0 Å². The lowest BCUT2D eigenvalue weighted by Gasteiger charge is -2.25. The maximum absolute atomic E-state index is 13.2. The molecular formula is C20H27ClN4O3. The van der Waals surface area contributed by atoms with Crippen molar-refractivity contribution in [2.24, 2.45) is 5.92 Å². The number of carbonyl (C=O) groups excluding carboxylic acids is 1. The Morgan fingerprint density at radius 1 is 1.25 bits per heavy atom. The van der Waals surface area contributed by atoms with Crippen LogP contribution in [0.4, 0.5) is 11.5 Å². The molecule has 0 saturated heterocycles. The number of nitrogens with one attached hydrogen (secondary N) is 1. The van der Waals surface area contributed by atoms with Gasteiger partial charge in [0.25, 0.3) is 11.5 Å². The molecule has 152 valence electrons. The summed E-state index contributed by atoms with van der Waals surface area (Å²) in [6.07, 6.45) is 2.26. The summed E-state index contributed by atoms with van der Waals surface area (Å²) >= 11 is 5.91. The first-order valence-electron chi connectivity index (χ1n) is 9.46. The van der Waals surface area contributed by atoms with E-state index in [1.807, 2.05) is 20.8 Å². The molecule has 0 radical (unpaired) electrons. The summed E-state index contributed by atoms with van der Waals surface area (Å²) in [6, 6.07) is 6.44. The van der Waals surface area contributed by atoms with Gasteiger partial charge in [0.05, 0.1) is 0 Å². The Bertz CT molecular complexity index is 932. The SMILES string of the molecule is CCCCn1c(N)c(N(CCC(C)C)C(=O)c2ccc(Cl)cc2)c(=O)[nH]c1=O. The lowest BCUT2D eigenvalue weighted by atomic mass is 10.1. The molecule has 1 aromatic heterocycles. The quantitative estimate of drug-likeness (QED) is 0.702. The zero-order chi connectivity index (χ0) is 20.8. The van der Waals surface area contributed by atoms with Crippen LogP contribution < -0.4 is 21.9 Å². The largest absolute Gasteiger partial charge is 0.383 e. The van der Waals surface area contributed by atoms with Gasteiger partial charge in [-0.05, 0) is 43.0 Å². The van der Waals surface area contributed by atoms with Crippen LogP contribution >= 0.6 is 11.6 Å². The molecule has 28 heavy (non-hydrogen) atoms. The molecule has 1 amide bonds. The van der Waals surface area contributed by atoms with Crippen LogP contribution in [0.2, 0.25) is 5.02 Å². The minimum absolute atomic E-state index is 0.00766. The van der Waals surface area contributed by atoms with Gasteiger partial charge in [-0.2, -0.15) is 0 Å². The highest BCUT2D eigenvalue weighted by molar-refractivity contribution is 6.30. The zero-order valence-corrected chi connectivity index (χ0v) is 17.3. The average molecular weight is 407 g/mol. The highest BCUT2D eigenvalue weighted by atomic mass is 35.5. The number of rotatable bonds is 8. The van der Waals surface area contributed by atoms with Crippen LogP contribution in [0.1, 0.15) is 50.4 Å². The first-order chi connectivity index (χ1) is 13.3. The van der Waals surface area contributed by atoms with Crippen LogP contribution in [0, 0.1) is 5.92 Å². The van der Waals surface area contributed by atoms with Crippen molar-refractivity contribution < 1.29 is 4.79 Å². The zero-order valence-electron chi connectivity index (χ0n) is 16.5. The number of anilines is 2. The first kappa shape index (κ1) is 21.8. The molecule has 0 atom stereocenters. The van der Waals surface area contributed by atoms with E-state index in [4.69, 9.17) is 17.3 Å². The molecule has 2 aromatic rings. The maximum Gasteiger partial charge on any atom is 0.330 e. The number of benzene rings is 1. The number of hydrogen-bond acceptors (Lipinski definition) is 4. The van der Waals surface area contributed by atoms with Crippen LogP contribution in [0.3, 0.4) is 0 Å². The van der Waals surface area contributed by atoms with Crippen LogP contribution in [-0.2, 0) is 6.54 Å². The average Bonchev–Trinajstić information content (AvgIpc) is 2.64. The van der Waals surface area contributed by atoms with Crippen LogP contribution in [0.15, 0.2) is 33.9 Å². The highest BCUT2D eigenvalue weighted by Gasteiger charge is 2.25. The van der Waals surface area contributed by atoms with Gasteiger partial charge in [-0.15, -0.1) is 0 Å². The summed E-state index contributed by atoms with van der Waals surface area (Å²) in [4.78, 5) is 41.6. The molecule has 0 fully saturated rings. The van der Waals surface area contributed by atoms with Gasteiger partial charge in [-0.25, -0.2) is 4.79 Å². The molecule has 0 spiro atoms. The number of aromatic nitrogens is 2. The predicted octanol–water partition coefficient (Wildman–Crippen LogP) is 3.27. The monoisotopic (exact) mass is 406 g/mol. The Morgan fingerprint density at radius 3 is 2.46 bits per heavy atom. The molecule has 0 aliphatic carbocycles. The number of nitrogens with zero attached hydrogens (tertiary/aromatic N) is 2. The topological polar surface area (TPSA) is 101 Å². The molecular weight excluding hydrogens is 380 g/mol. The molecule has 2 rings (SSSR count). The second-order valence-electron chi connectivity index (χ2n) is 7.14. The number of nitrogens with two attached hydrogens (primary N) is 1. The number of nitrogen functional groups attached to an aromatic ring is 1. The Hall–Kier alpha value is -2.54. The van der Waals surface area contributed by atoms with Crippen LogP contribution in [-0.4, -0.2) is 22.0 Å². The smallest absolute Gasteiger partial charge is 0.330 e. The van der Waals surface area contributed by atoms with Crippen molar-refractivity contribution in [3.63, 3.8) is 0 Å². The Balaban J connectivity index is 2.56. The third kappa shape index (κ3) is 5.04. The van der Waals surface area contributed by atoms with E-state index in [0.29, 0.717) is 36.0 Å². The lowest BCUT2D eigenvalue weighted by molar-refractivity contribution is 0.0985. The summed E-state index contributed by atoms with van der Waals surface area (Å²) in [7, 11) is 0. The standard InChI is InChI=1S/C20H27ClN4O3/c1-4-5-11-25-17(22)16(18(26)23-20(25)28)24(12-10-13(2)3)19(27)14-6-8-15(21)9-7-14/h6-9,13H,4-5,10-12,22H2,1-3H3,(H,23,26,28). The van der Waals surface area contributed by atoms with Crippen molar-refractivity contribution in [2.45, 2.75) is 46.6 Å². The van der Waals surface area contributed by atoms with Crippen molar-refractivity contribution in [1.29, 1.82) is 0 Å². The van der Waals surface area contributed by atoms with E-state index in [2.05, 4.69) is 4.98 Å². The minimum atomic E-state index is -0.665. The number of H-pyrrole nitrogens is 1. The molecule has 0 aliphatic rings. The molecule has 0 unspecified atom stereocenters. The Kier molecular flexibility index (Phi) is 7.45. The van der Waals surface area contributed by atoms with Crippen LogP contribution in [0.25, 0.3) is 0 Å². The van der Waals surface area contributed by atoms with E-state index in [9.17, 15) is 14.4 Å². The fourth-order valence-corrected chi connectivity index (χ4v) is 2.95. The van der Waals surface area contributed by atoms with Crippen molar-refractivity contribution in [3.8, 4) is 0 Å². The Morgan fingerprint density at radius 2 is 1.89 bits per heavy atom. The second-order valence-corrected chi connectivity index (χ2v) is 7.58. The molecule has 3 N–H and O–H groups in total. The highest BCUT2D eigenvalue weighted by Crippen LogP contribution is 2.22. The molecule has 0 aliphatic heterocycles. The summed E-state index contributed by atoms with van der Waals surface area (Å²) in [6.45, 7) is 6.73. The number of aromatic amines is 1. The normalized spacial score (nSPS) is 11.0. The van der Waals surface area contributed by atoms with E-state index in [-0.39, 0.29) is 17.4 Å². The lowest BCUT2D eigenvalue weighted by Crippen LogP contribution is -2.42. The third-order valence-electron chi connectivity index (χ3n) is 4.49. The second kappa shape index (κ2) is 9.59. The van der Waals surface area contributed by atoms with Gasteiger partial charge in [-0.1, -0.05) is 38.8 Å². The first-order valence-corrected chi connectivity index (χ1v) is 9.84. The van der Waals surface area contributed by atoms with Crippen molar-refractivity contribution in [2.75, 3.05) is 17.2 Å². The fourth-order valence-electron chi connectivity index (χ4n) is 2.83. The number of halogens is 1. The maximum atomic E-state index is 13.2. The van der Waals surface area contributed by atoms with E-state index in [0.717, 1.165) is 12.8 Å². The van der Waals surface area contributed by atoms with Gasteiger partial charge in [0.1, 0.15) is 5.82 Å². The van der Waals surface area contributed by atoms with Crippen molar-refractivity contribution in [3.05, 3.63) is 55.7 Å². The van der Waals surface area contributed by atoms with Crippen molar-refractivity contribution in [1.82, 2.24) is 9.55 Å². The number of carbonyl (C=O) groups is 1. The fraction of sp³-hybridized carbons (Fsp3) is 0.450. The van der Waals surface area contributed by atoms with Gasteiger partial charge in [-0.3, -0.25) is 19.1 Å². The summed E-state index contributed by atoms with van der Waals surface area (Å²) in [5, 5.41) is 0.510. The molecule has 7 nitrogen and oxygen atoms in total. The molecule has 1 aromatic carbocycles. The van der Waals surface area contributed by atoms with E-state index in [1.165, 1.54) is 9.47 Å². The Labute approximate surface area is 169 Å². The van der Waals surface area contributed by atoms with Gasteiger partial charge >= 0.3 is 5.69 Å². The van der Waals surface area contributed by atoms with E-state index in [1.54, 1.807) is 24.3 Å². The van der Waals surface area contributed by atoms with E-state index < -0.39 is 11.2 Å². The van der Waals surface area contributed by atoms with Gasteiger partial charge in [0.15, 0.2) is 5.69 Å². The van der Waals surface area contributed by atoms with E-state index >= 15 is 0 Å². The van der Waals surface area contributed by atoms with Crippen molar-refractivity contribution >= 4 is 29.0 Å². The van der Waals surface area contributed by atoms with Gasteiger partial charge in [0.2, 0.25) is 0 Å². The summed E-state index contributed by atoms with van der Waals surface area (Å²) in [5.41, 5.74) is 5.37. The summed E-state index contributed by atoms with van der Waals surface area (Å²) < 4.78 is 1.32. The third-order valence-corrected chi connectivity index (χ3v) is 4.74. The number of hydrogen-bond donors (Lipinski definition) is 2. The minimum Gasteiger partial charge on any atom is -0.383 e. The number of unbranched alkanes of at least 4 members (excludes halogenated alkanes) is 1. The molecule has 0 bridgehead atoms.